The van der Waals surface area contributed by atoms with Crippen LogP contribution < -0.4 is 5.32 Å². The van der Waals surface area contributed by atoms with Crippen molar-refractivity contribution in [2.45, 2.75) is 40.2 Å². The largest absolute Gasteiger partial charge is 0.381 e. The molecular formula is C13H24N2OS. The quantitative estimate of drug-likeness (QED) is 0.690. The third-order valence-corrected chi connectivity index (χ3v) is 3.34. The minimum atomic E-state index is 0.630. The maximum absolute atomic E-state index is 5.52. The van der Waals surface area contributed by atoms with Crippen molar-refractivity contribution in [3.05, 3.63) is 16.1 Å². The number of ether oxygens (including phenoxy) is 1. The van der Waals surface area contributed by atoms with E-state index in [2.05, 4.69) is 36.5 Å². The lowest BCUT2D eigenvalue weighted by Gasteiger charge is -2.06. The third kappa shape index (κ3) is 6.76. The number of aryl methyl sites for hydroxylation is 1. The lowest BCUT2D eigenvalue weighted by Crippen LogP contribution is -2.17. The zero-order valence-electron chi connectivity index (χ0n) is 11.2. The molecule has 0 spiro atoms. The molecule has 0 saturated heterocycles. The Morgan fingerprint density at radius 2 is 2.29 bits per heavy atom. The number of thiazole rings is 1. The molecule has 3 nitrogen and oxygen atoms in total. The normalized spacial score (nSPS) is 11.3. The molecule has 0 saturated carbocycles. The first-order chi connectivity index (χ1) is 8.22. The van der Waals surface area contributed by atoms with Crippen molar-refractivity contribution in [1.29, 1.82) is 0 Å². The lowest BCUT2D eigenvalue weighted by atomic mass is 10.2. The molecule has 1 N–H and O–H groups in total. The van der Waals surface area contributed by atoms with E-state index >= 15 is 0 Å². The van der Waals surface area contributed by atoms with Crippen LogP contribution in [0.2, 0.25) is 0 Å². The van der Waals surface area contributed by atoms with Crippen molar-refractivity contribution >= 4 is 11.3 Å². The van der Waals surface area contributed by atoms with Gasteiger partial charge in [0.15, 0.2) is 0 Å². The van der Waals surface area contributed by atoms with Crippen molar-refractivity contribution in [2.75, 3.05) is 19.8 Å². The summed E-state index contributed by atoms with van der Waals surface area (Å²) in [6.07, 6.45) is 2.10. The molecule has 0 aliphatic rings. The Bertz CT molecular complexity index is 299. The van der Waals surface area contributed by atoms with Crippen molar-refractivity contribution < 1.29 is 4.74 Å². The van der Waals surface area contributed by atoms with E-state index in [0.29, 0.717) is 5.92 Å². The Morgan fingerprint density at radius 1 is 1.47 bits per heavy atom. The maximum Gasteiger partial charge on any atom is 0.0926 e. The van der Waals surface area contributed by atoms with E-state index in [9.17, 15) is 0 Å². The number of nitrogens with one attached hydrogen (secondary N) is 1. The summed E-state index contributed by atoms with van der Waals surface area (Å²) in [5, 5.41) is 6.76. The van der Waals surface area contributed by atoms with E-state index in [1.54, 1.807) is 11.3 Å². The zero-order chi connectivity index (χ0) is 12.5. The molecule has 4 heteroatoms. The van der Waals surface area contributed by atoms with Gasteiger partial charge in [-0.15, -0.1) is 11.3 Å². The van der Waals surface area contributed by atoms with Gasteiger partial charge in [0.05, 0.1) is 10.7 Å². The van der Waals surface area contributed by atoms with E-state index in [-0.39, 0.29) is 0 Å². The summed E-state index contributed by atoms with van der Waals surface area (Å²) < 4.78 is 5.52. The fourth-order valence-corrected chi connectivity index (χ4v) is 2.17. The van der Waals surface area contributed by atoms with Crippen LogP contribution in [0.15, 0.2) is 5.38 Å². The fourth-order valence-electron chi connectivity index (χ4n) is 1.43. The van der Waals surface area contributed by atoms with Gasteiger partial charge in [-0.05, 0) is 25.3 Å². The summed E-state index contributed by atoms with van der Waals surface area (Å²) in [4.78, 5) is 4.51. The van der Waals surface area contributed by atoms with Crippen molar-refractivity contribution in [3.8, 4) is 0 Å². The Balaban J connectivity index is 1.97. The Labute approximate surface area is 109 Å². The lowest BCUT2D eigenvalue weighted by molar-refractivity contribution is 0.108. The second-order valence-corrected chi connectivity index (χ2v) is 5.53. The van der Waals surface area contributed by atoms with Gasteiger partial charge < -0.3 is 10.1 Å². The second-order valence-electron chi connectivity index (χ2n) is 4.59. The van der Waals surface area contributed by atoms with E-state index in [0.717, 1.165) is 44.8 Å². The molecule has 0 aromatic carbocycles. The average Bonchev–Trinajstić information content (AvgIpc) is 2.75. The standard InChI is InChI=1S/C13H24N2OS/c1-4-13-15-12(10-17-13)8-14-6-5-7-16-9-11(2)3/h10-11,14H,4-9H2,1-3H3. The van der Waals surface area contributed by atoms with Crippen LogP contribution in [0.3, 0.4) is 0 Å². The molecule has 0 atom stereocenters. The number of aromatic nitrogens is 1. The smallest absolute Gasteiger partial charge is 0.0926 e. The molecule has 0 radical (unpaired) electrons. The third-order valence-electron chi connectivity index (χ3n) is 2.30. The maximum atomic E-state index is 5.52. The predicted octanol–water partition coefficient (Wildman–Crippen LogP) is 2.86. The molecule has 1 aromatic rings. The van der Waals surface area contributed by atoms with Crippen molar-refractivity contribution in [3.63, 3.8) is 0 Å². The fraction of sp³-hybridized carbons (Fsp3) is 0.769. The molecule has 0 fully saturated rings. The van der Waals surface area contributed by atoms with Crippen LogP contribution in [0.1, 0.15) is 37.9 Å². The minimum Gasteiger partial charge on any atom is -0.381 e. The number of nitrogens with zero attached hydrogens (tertiary/aromatic N) is 1. The van der Waals surface area contributed by atoms with Crippen LogP contribution in [0.5, 0.6) is 0 Å². The molecule has 1 aromatic heterocycles. The molecule has 0 aliphatic carbocycles. The van der Waals surface area contributed by atoms with Crippen LogP contribution in [0.25, 0.3) is 0 Å². The van der Waals surface area contributed by atoms with Gasteiger partial charge in [0, 0.05) is 25.1 Å². The Kier molecular flexibility index (Phi) is 7.40. The van der Waals surface area contributed by atoms with E-state index in [1.807, 2.05) is 0 Å². The van der Waals surface area contributed by atoms with Gasteiger partial charge in [-0.3, -0.25) is 0 Å². The van der Waals surface area contributed by atoms with Crippen molar-refractivity contribution in [1.82, 2.24) is 10.3 Å². The van der Waals surface area contributed by atoms with Gasteiger partial charge in [-0.2, -0.15) is 0 Å². The van der Waals surface area contributed by atoms with Gasteiger partial charge in [0.2, 0.25) is 0 Å². The highest BCUT2D eigenvalue weighted by Crippen LogP contribution is 2.09. The van der Waals surface area contributed by atoms with Crippen molar-refractivity contribution in [2.24, 2.45) is 5.92 Å². The Morgan fingerprint density at radius 3 is 2.94 bits per heavy atom. The predicted molar refractivity (Wildman–Crippen MR) is 73.5 cm³/mol. The highest BCUT2D eigenvalue weighted by atomic mass is 32.1. The van der Waals surface area contributed by atoms with E-state index in [4.69, 9.17) is 4.74 Å². The molecule has 0 bridgehead atoms. The number of hydrogen-bond donors (Lipinski definition) is 1. The SMILES string of the molecule is CCc1nc(CNCCCOCC(C)C)cs1. The molecular weight excluding hydrogens is 232 g/mol. The monoisotopic (exact) mass is 256 g/mol. The zero-order valence-corrected chi connectivity index (χ0v) is 12.0. The number of hydrogen-bond acceptors (Lipinski definition) is 4. The summed E-state index contributed by atoms with van der Waals surface area (Å²) in [5.41, 5.74) is 1.16. The van der Waals surface area contributed by atoms with Gasteiger partial charge in [-0.1, -0.05) is 20.8 Å². The molecule has 0 amide bonds. The average molecular weight is 256 g/mol. The number of rotatable bonds is 9. The Hall–Kier alpha value is -0.450. The highest BCUT2D eigenvalue weighted by Gasteiger charge is 1.99. The van der Waals surface area contributed by atoms with Gasteiger partial charge in [0.1, 0.15) is 0 Å². The van der Waals surface area contributed by atoms with Crippen LogP contribution in [-0.4, -0.2) is 24.7 Å². The highest BCUT2D eigenvalue weighted by molar-refractivity contribution is 7.09. The summed E-state index contributed by atoms with van der Waals surface area (Å²) in [7, 11) is 0. The van der Waals surface area contributed by atoms with Gasteiger partial charge >= 0.3 is 0 Å². The van der Waals surface area contributed by atoms with Gasteiger partial charge in [0.25, 0.3) is 0 Å². The molecule has 0 unspecified atom stereocenters. The molecule has 1 heterocycles. The van der Waals surface area contributed by atoms with Crippen LogP contribution in [0.4, 0.5) is 0 Å². The summed E-state index contributed by atoms with van der Waals surface area (Å²) in [6.45, 7) is 10.1. The van der Waals surface area contributed by atoms with Crippen LogP contribution >= 0.6 is 11.3 Å². The minimum absolute atomic E-state index is 0.630. The molecule has 0 aliphatic heterocycles. The summed E-state index contributed by atoms with van der Waals surface area (Å²) >= 11 is 1.75. The van der Waals surface area contributed by atoms with E-state index < -0.39 is 0 Å². The first kappa shape index (κ1) is 14.6. The summed E-state index contributed by atoms with van der Waals surface area (Å²) in [6, 6.07) is 0. The first-order valence-corrected chi connectivity index (χ1v) is 7.32. The summed E-state index contributed by atoms with van der Waals surface area (Å²) in [5.74, 6) is 0.630. The molecule has 1 rings (SSSR count). The first-order valence-electron chi connectivity index (χ1n) is 6.44. The second kappa shape index (κ2) is 8.61. The van der Waals surface area contributed by atoms with Crippen LogP contribution in [0, 0.1) is 5.92 Å². The van der Waals surface area contributed by atoms with Crippen LogP contribution in [-0.2, 0) is 17.7 Å². The molecule has 98 valence electrons. The van der Waals surface area contributed by atoms with E-state index in [1.165, 1.54) is 5.01 Å². The topological polar surface area (TPSA) is 34.2 Å². The molecule has 17 heavy (non-hydrogen) atoms. The van der Waals surface area contributed by atoms with Gasteiger partial charge in [-0.25, -0.2) is 4.98 Å².